The van der Waals surface area contributed by atoms with Crippen molar-refractivity contribution in [3.63, 3.8) is 0 Å². The standard InChI is InChI=1S/C10H18N2O2S4/c1-8(2)9-4-5-11-10(6-9)18(13,14)12-17(15)7-16-3/h4-6,8,12,15,17H,7H2,1-3H3. The highest BCUT2D eigenvalue weighted by molar-refractivity contribution is 8.80. The van der Waals surface area contributed by atoms with Gasteiger partial charge in [-0.3, -0.25) is 0 Å². The summed E-state index contributed by atoms with van der Waals surface area (Å²) in [5, 5.41) is 0.734. The Morgan fingerprint density at radius 2 is 2.22 bits per heavy atom. The number of nitrogens with zero attached hydrogens (tertiary/aromatic N) is 1. The number of hydrogen-bond donors (Lipinski definition) is 3. The summed E-state index contributed by atoms with van der Waals surface area (Å²) in [6.07, 6.45) is 3.44. The third kappa shape index (κ3) is 4.65. The van der Waals surface area contributed by atoms with Crippen molar-refractivity contribution >= 4 is 43.6 Å². The van der Waals surface area contributed by atoms with Gasteiger partial charge in [0.1, 0.15) is 0 Å². The second-order valence-corrected chi connectivity index (χ2v) is 10.0. The first-order chi connectivity index (χ1) is 8.36. The number of aromatic nitrogens is 1. The molecule has 1 aromatic heterocycles. The van der Waals surface area contributed by atoms with Crippen LogP contribution in [0, 0.1) is 0 Å². The van der Waals surface area contributed by atoms with Crippen LogP contribution in [0.5, 0.6) is 0 Å². The number of thioether (sulfide) groups is 1. The molecule has 1 heterocycles. The van der Waals surface area contributed by atoms with E-state index in [-0.39, 0.29) is 10.9 Å². The van der Waals surface area contributed by atoms with Crippen LogP contribution in [0.3, 0.4) is 0 Å². The van der Waals surface area contributed by atoms with Crippen LogP contribution in [0.25, 0.3) is 0 Å². The molecule has 0 aliphatic heterocycles. The van der Waals surface area contributed by atoms with Crippen molar-refractivity contribution in [3.8, 4) is 0 Å². The molecule has 0 spiro atoms. The predicted molar refractivity (Wildman–Crippen MR) is 85.0 cm³/mol. The van der Waals surface area contributed by atoms with E-state index in [1.165, 1.54) is 6.20 Å². The molecule has 0 bridgehead atoms. The molecule has 4 nitrogen and oxygen atoms in total. The number of thiol groups is 2. The molecule has 0 fully saturated rings. The molecule has 1 rings (SSSR count). The molecule has 1 aromatic rings. The van der Waals surface area contributed by atoms with Gasteiger partial charge in [-0.15, -0.1) is 21.8 Å². The molecule has 0 aliphatic rings. The Kier molecular flexibility index (Phi) is 6.32. The summed E-state index contributed by atoms with van der Waals surface area (Å²) in [5.41, 5.74) is 0.957. The number of pyridine rings is 1. The van der Waals surface area contributed by atoms with Gasteiger partial charge in [-0.1, -0.05) is 13.8 Å². The first kappa shape index (κ1) is 16.2. The average Bonchev–Trinajstić information content (AvgIpc) is 2.28. The molecule has 1 N–H and O–H groups in total. The van der Waals surface area contributed by atoms with Gasteiger partial charge < -0.3 is 0 Å². The second-order valence-electron chi connectivity index (χ2n) is 3.99. The van der Waals surface area contributed by atoms with Crippen molar-refractivity contribution in [2.45, 2.75) is 24.8 Å². The molecule has 0 aliphatic carbocycles. The van der Waals surface area contributed by atoms with E-state index in [4.69, 9.17) is 0 Å². The number of sulfonamides is 1. The molecule has 1 atom stereocenters. The van der Waals surface area contributed by atoms with Crippen molar-refractivity contribution in [1.82, 2.24) is 9.11 Å². The smallest absolute Gasteiger partial charge is 0.243 e. The summed E-state index contributed by atoms with van der Waals surface area (Å²) in [6.45, 7) is 4.02. The zero-order chi connectivity index (χ0) is 13.8. The maximum absolute atomic E-state index is 12.1. The summed E-state index contributed by atoms with van der Waals surface area (Å²) >= 11 is 5.80. The van der Waals surface area contributed by atoms with E-state index in [0.717, 1.165) is 5.56 Å². The molecule has 1 unspecified atom stereocenters. The molecule has 8 heteroatoms. The zero-order valence-corrected chi connectivity index (χ0v) is 13.9. The van der Waals surface area contributed by atoms with Crippen molar-refractivity contribution in [3.05, 3.63) is 23.9 Å². The van der Waals surface area contributed by atoms with Gasteiger partial charge in [-0.25, -0.2) is 13.4 Å². The van der Waals surface area contributed by atoms with Crippen LogP contribution in [0.15, 0.2) is 23.4 Å². The maximum atomic E-state index is 12.1. The summed E-state index contributed by atoms with van der Waals surface area (Å²) in [5.74, 6) is 0.269. The fourth-order valence-corrected chi connectivity index (χ4v) is 6.91. The lowest BCUT2D eigenvalue weighted by Crippen LogP contribution is -2.21. The summed E-state index contributed by atoms with van der Waals surface area (Å²) < 4.78 is 26.7. The van der Waals surface area contributed by atoms with Crippen LogP contribution in [0.4, 0.5) is 0 Å². The molecular formula is C10H18N2O2S4. The monoisotopic (exact) mass is 326 g/mol. The van der Waals surface area contributed by atoms with E-state index in [0.29, 0.717) is 5.08 Å². The van der Waals surface area contributed by atoms with Crippen molar-refractivity contribution in [2.75, 3.05) is 11.3 Å². The Bertz CT molecular complexity index is 490. The minimum absolute atomic E-state index is 0.0661. The minimum atomic E-state index is -3.56. The van der Waals surface area contributed by atoms with E-state index in [9.17, 15) is 8.42 Å². The lowest BCUT2D eigenvalue weighted by atomic mass is 10.1. The van der Waals surface area contributed by atoms with Gasteiger partial charge in [-0.05, 0) is 29.9 Å². The fraction of sp³-hybridized carbons (Fsp3) is 0.500. The Labute approximate surface area is 121 Å². The van der Waals surface area contributed by atoms with E-state index >= 15 is 0 Å². The van der Waals surface area contributed by atoms with Crippen LogP contribution < -0.4 is 4.13 Å². The van der Waals surface area contributed by atoms with Crippen molar-refractivity contribution < 1.29 is 8.42 Å². The maximum Gasteiger partial charge on any atom is 0.266 e. The first-order valence-corrected chi connectivity index (χ1v) is 10.9. The Morgan fingerprint density at radius 1 is 1.56 bits per heavy atom. The largest absolute Gasteiger partial charge is 0.266 e. The van der Waals surface area contributed by atoms with Crippen LogP contribution >= 0.6 is 33.5 Å². The van der Waals surface area contributed by atoms with Crippen LogP contribution in [-0.4, -0.2) is 24.7 Å². The zero-order valence-electron chi connectivity index (χ0n) is 10.5. The van der Waals surface area contributed by atoms with E-state index in [2.05, 4.69) is 20.8 Å². The number of rotatable bonds is 6. The van der Waals surface area contributed by atoms with E-state index in [1.807, 2.05) is 26.2 Å². The van der Waals surface area contributed by atoms with Gasteiger partial charge in [0, 0.05) is 11.3 Å². The van der Waals surface area contributed by atoms with E-state index < -0.39 is 20.1 Å². The second kappa shape index (κ2) is 7.04. The minimum Gasteiger partial charge on any atom is -0.243 e. The summed E-state index contributed by atoms with van der Waals surface area (Å²) in [4.78, 5) is 3.93. The number of hydrogen-bond acceptors (Lipinski definition) is 5. The highest BCUT2D eigenvalue weighted by Crippen LogP contribution is 2.31. The molecule has 104 valence electrons. The molecule has 0 aromatic carbocycles. The topological polar surface area (TPSA) is 59.1 Å². The highest BCUT2D eigenvalue weighted by Gasteiger charge is 2.18. The average molecular weight is 327 g/mol. The van der Waals surface area contributed by atoms with Crippen LogP contribution in [-0.2, 0) is 10.0 Å². The van der Waals surface area contributed by atoms with Gasteiger partial charge in [0.05, 0.1) is 0 Å². The third-order valence-electron chi connectivity index (χ3n) is 2.18. The van der Waals surface area contributed by atoms with Gasteiger partial charge in [0.15, 0.2) is 5.03 Å². The fourth-order valence-electron chi connectivity index (χ4n) is 1.26. The molecule has 18 heavy (non-hydrogen) atoms. The summed E-state index contributed by atoms with van der Waals surface area (Å²) in [7, 11) is -4.60. The molecule has 0 radical (unpaired) electrons. The quantitative estimate of drug-likeness (QED) is 0.555. The lowest BCUT2D eigenvalue weighted by molar-refractivity contribution is 0.590. The van der Waals surface area contributed by atoms with Gasteiger partial charge in [-0.2, -0.15) is 15.9 Å². The Morgan fingerprint density at radius 3 is 2.78 bits per heavy atom. The molecule has 0 amide bonds. The predicted octanol–water partition coefficient (Wildman–Crippen LogP) is 2.56. The van der Waals surface area contributed by atoms with Crippen LogP contribution in [0.1, 0.15) is 25.3 Å². The normalized spacial score (nSPS) is 14.8. The van der Waals surface area contributed by atoms with Gasteiger partial charge in [0.2, 0.25) is 0 Å². The SMILES string of the molecule is CSC[SH](S)NS(=O)(=O)c1cc(C(C)C)ccn1. The molecular weight excluding hydrogens is 308 g/mol. The Hall–Kier alpha value is 0.110. The number of nitrogens with one attached hydrogen (secondary N) is 1. The Balaban J connectivity index is 2.94. The lowest BCUT2D eigenvalue weighted by Gasteiger charge is -2.15. The highest BCUT2D eigenvalue weighted by atomic mass is 33.1. The van der Waals surface area contributed by atoms with Crippen molar-refractivity contribution in [2.24, 2.45) is 0 Å². The summed E-state index contributed by atoms with van der Waals surface area (Å²) in [6, 6.07) is 3.44. The molecule has 0 saturated carbocycles. The first-order valence-electron chi connectivity index (χ1n) is 5.30. The van der Waals surface area contributed by atoms with Gasteiger partial charge in [0.25, 0.3) is 10.0 Å². The third-order valence-corrected chi connectivity index (χ3v) is 8.54. The van der Waals surface area contributed by atoms with Gasteiger partial charge >= 0.3 is 0 Å². The van der Waals surface area contributed by atoms with Crippen molar-refractivity contribution in [1.29, 1.82) is 0 Å². The van der Waals surface area contributed by atoms with Crippen LogP contribution in [0.2, 0.25) is 0 Å². The molecule has 0 saturated heterocycles. The van der Waals surface area contributed by atoms with E-state index in [1.54, 1.807) is 17.8 Å².